The quantitative estimate of drug-likeness (QED) is 0.0187. The molecule has 780 valence electrons. The van der Waals surface area contributed by atoms with Crippen LogP contribution in [0.3, 0.4) is 0 Å². The van der Waals surface area contributed by atoms with E-state index in [1.165, 1.54) is 35.8 Å². The van der Waals surface area contributed by atoms with E-state index in [-0.39, 0.29) is 111 Å². The van der Waals surface area contributed by atoms with Gasteiger partial charge in [-0.05, 0) is 231 Å². The summed E-state index contributed by atoms with van der Waals surface area (Å²) in [5, 5.41) is 74.7. The Labute approximate surface area is 866 Å². The van der Waals surface area contributed by atoms with Crippen molar-refractivity contribution in [2.24, 2.45) is 13.0 Å². The summed E-state index contributed by atoms with van der Waals surface area (Å²) in [5.41, 5.74) is 10.6. The Balaban J connectivity index is 0.000000135. The maximum Gasteiger partial charge on any atom is 0.433 e. The maximum absolute atomic E-state index is 15.2. The first-order chi connectivity index (χ1) is 70.9. The van der Waals surface area contributed by atoms with Crippen LogP contribution in [0.25, 0.3) is 0 Å². The van der Waals surface area contributed by atoms with Gasteiger partial charge in [-0.2, -0.15) is 68.2 Å². The average molecular weight is 2120 g/mol. The number of rotatable bonds is 25. The fourth-order valence-electron chi connectivity index (χ4n) is 19.4. The molecule has 0 bridgehead atoms. The normalized spacial score (nSPS) is 17.1. The van der Waals surface area contributed by atoms with Crippen molar-refractivity contribution in [2.45, 2.75) is 169 Å². The van der Waals surface area contributed by atoms with Crippen LogP contribution in [0.4, 0.5) is 124 Å². The van der Waals surface area contributed by atoms with Crippen LogP contribution in [0.15, 0.2) is 108 Å². The molecule has 0 spiro atoms. The molecule has 148 heavy (non-hydrogen) atoms. The highest BCUT2D eigenvalue weighted by Crippen LogP contribution is 2.44. The van der Waals surface area contributed by atoms with Crippen LogP contribution in [0.1, 0.15) is 183 Å². The predicted octanol–water partition coefficient (Wildman–Crippen LogP) is 20.4. The number of carbonyl (C=O) groups excluding carboxylic acids is 2. The molecule has 14 N–H and O–H groups in total. The monoisotopic (exact) mass is 2120 g/mol. The molecule has 49 heteroatoms. The van der Waals surface area contributed by atoms with Gasteiger partial charge in [-0.25, -0.2) is 42.7 Å². The van der Waals surface area contributed by atoms with Gasteiger partial charge in [0, 0.05) is 119 Å². The zero-order chi connectivity index (χ0) is 105. The number of alkyl halides is 3. The number of hydrogen-bond donors (Lipinski definition) is 14. The Kier molecular flexibility index (Phi) is 33.0. The number of benzene rings is 4. The molecule has 6 aliphatic heterocycles. The summed E-state index contributed by atoms with van der Waals surface area (Å²) in [6.07, 6.45) is 9.91. The largest absolute Gasteiger partial charge is 0.433 e. The van der Waals surface area contributed by atoms with E-state index in [4.69, 9.17) is 55.7 Å². The molecule has 38 nitrogen and oxygen atoms in total. The smallest absolute Gasteiger partial charge is 0.381 e. The van der Waals surface area contributed by atoms with E-state index in [1.807, 2.05) is 85.4 Å². The highest BCUT2D eigenvalue weighted by Gasteiger charge is 2.44. The Morgan fingerprint density at radius 3 is 1.09 bits per heavy atom. The van der Waals surface area contributed by atoms with Crippen molar-refractivity contribution < 1.29 is 59.4 Å². The van der Waals surface area contributed by atoms with E-state index in [9.17, 15) is 28.0 Å². The van der Waals surface area contributed by atoms with Crippen molar-refractivity contribution >= 4 is 151 Å². The van der Waals surface area contributed by atoms with Gasteiger partial charge in [-0.15, -0.1) is 0 Å². The molecule has 14 aromatic rings. The molecule has 0 aliphatic carbocycles. The second-order valence-corrected chi connectivity index (χ2v) is 39.6. The van der Waals surface area contributed by atoms with E-state index >= 15 is 17.6 Å². The SMILES string of the molecule is Cc1cc(Nc2nc(Nc3cc(C)c(C4CCN(C(=O)C5CNC5)CC4)cc3F)ncc2Cl)n[nH]1.Cc1cc(Nc2nc(Nc3cc(C)c(C4CCN(C(=O)c5cnn(C)c5C(F)(F)F)CC4)cc3F)ncc2Cl)n[nH]1.Cc1cc(Nc2nc(Nc3cc(C)c(C4CC[N+](O)(C5CCOCC5)CC4)cc3F)ncc2Cl)n[nH]1.Cc1noc(CN2CCC(c3cc(F)c(Nc4ncc(Cl)c(Nc5cc(C)[nH]n5)n4)cc3C)CC2)n1. The molecule has 6 aliphatic rings. The number of likely N-dealkylation sites (tertiary alicyclic amines) is 4. The Morgan fingerprint density at radius 1 is 0.446 bits per heavy atom. The molecule has 4 aromatic carbocycles. The van der Waals surface area contributed by atoms with Gasteiger partial charge < -0.3 is 66.9 Å². The van der Waals surface area contributed by atoms with Crippen molar-refractivity contribution in [2.75, 3.05) is 121 Å². The molecular formula is C99H113Cl4F7N33O5+. The molecule has 16 heterocycles. The number of carbonyl (C=O) groups is 2. The van der Waals surface area contributed by atoms with Crippen LogP contribution >= 0.6 is 46.4 Å². The minimum absolute atomic E-state index is 0.0709. The van der Waals surface area contributed by atoms with Crippen LogP contribution in [-0.4, -0.2) is 222 Å². The Morgan fingerprint density at radius 2 is 0.784 bits per heavy atom. The lowest BCUT2D eigenvalue weighted by atomic mass is 9.85. The number of nitrogens with zero attached hydrogens (tertiary/aromatic N) is 20. The molecule has 6 fully saturated rings. The van der Waals surface area contributed by atoms with Crippen LogP contribution in [-0.2, 0) is 29.3 Å². The van der Waals surface area contributed by atoms with Crippen molar-refractivity contribution in [3.8, 4) is 0 Å². The van der Waals surface area contributed by atoms with E-state index in [2.05, 4.69) is 149 Å². The lowest BCUT2D eigenvalue weighted by Crippen LogP contribution is -2.58. The van der Waals surface area contributed by atoms with Gasteiger partial charge in [-0.1, -0.05) is 51.6 Å². The van der Waals surface area contributed by atoms with Crippen molar-refractivity contribution in [3.63, 3.8) is 0 Å². The molecule has 0 atom stereocenters. The Hall–Kier alpha value is -13.8. The van der Waals surface area contributed by atoms with Gasteiger partial charge in [0.1, 0.15) is 62.5 Å². The number of ether oxygens (including phenoxy) is 1. The van der Waals surface area contributed by atoms with Crippen molar-refractivity contribution in [3.05, 3.63) is 237 Å². The number of quaternary nitrogens is 1. The van der Waals surface area contributed by atoms with E-state index in [1.54, 1.807) is 48.5 Å². The average Bonchev–Trinajstić information content (AvgIpc) is 1.73. The first-order valence-electron chi connectivity index (χ1n) is 48.5. The second kappa shape index (κ2) is 46.3. The fourth-order valence-corrected chi connectivity index (χ4v) is 19.9. The van der Waals surface area contributed by atoms with E-state index in [0.29, 0.717) is 154 Å². The minimum Gasteiger partial charge on any atom is -0.381 e. The van der Waals surface area contributed by atoms with Crippen molar-refractivity contribution in [1.29, 1.82) is 0 Å². The second-order valence-electron chi connectivity index (χ2n) is 37.9. The molecule has 2 amide bonds. The number of aromatic amines is 4. The molecule has 10 aromatic heterocycles. The number of halogens is 11. The number of anilines is 16. The summed E-state index contributed by atoms with van der Waals surface area (Å²) in [6.45, 7) is 25.8. The van der Waals surface area contributed by atoms with Gasteiger partial charge in [-0.3, -0.25) is 39.6 Å². The third-order valence-electron chi connectivity index (χ3n) is 27.2. The summed E-state index contributed by atoms with van der Waals surface area (Å²) in [5.74, 6) is 4.34. The van der Waals surface area contributed by atoms with E-state index in [0.717, 1.165) is 158 Å². The Bertz CT molecular complexity index is 7060. The van der Waals surface area contributed by atoms with Crippen molar-refractivity contribution in [1.82, 2.24) is 121 Å². The molecule has 0 radical (unpaired) electrons. The summed E-state index contributed by atoms with van der Waals surface area (Å²) in [6, 6.07) is 20.8. The topological polar surface area (TPSA) is 456 Å². The summed E-state index contributed by atoms with van der Waals surface area (Å²) in [7, 11) is 1.15. The number of amides is 2. The first kappa shape index (κ1) is 106. The highest BCUT2D eigenvalue weighted by atomic mass is 35.5. The number of aromatic nitrogens is 20. The number of hydroxylamine groups is 3. The zero-order valence-electron chi connectivity index (χ0n) is 82.7. The van der Waals surface area contributed by atoms with Crippen LogP contribution in [0.5, 0.6) is 0 Å². The van der Waals surface area contributed by atoms with E-state index < -0.39 is 29.2 Å². The number of aryl methyl sites for hydroxylation is 10. The fraction of sp³-hybridized carbons (Fsp3) is 0.404. The standard InChI is InChI=1S/C26H26ClF4N9O.C25H32ClFN7O2.C24H27ClFN9O.C24H28ClFN8O/c1-13-8-20(34-25-32-12-18(27)23(36-25)35-21-9-14(2)37-38-21)19(28)10-16(13)15-4-6-40(7-5-15)24(41)17-11-33-39(3)22(17)26(29,30)31;1-15-11-22(29-25-28-14-20(26)24(31-25)30-23-12-16(2)32-33-23)21(27)13-19(15)17-3-7-34(35,8-4-17)18-5-9-36-10-6-18;1-13-8-20(29-24-27-11-18(25)23(31-24)30-21-9-14(2)32-33-21)19(26)10-17(13)16-4-6-35(7-5-16)12-22-28-15(3)34-36-22;1-13-7-20(29-24-28-12-18(25)22(31-24)30-21-8-14(2)32-33-21)19(26)9-17(13)15-3-5-34(6-4-15)23(35)16-10-27-11-16/h8-12,15H,4-7H2,1-3H3,(H3,32,34,35,36,37,38);11-14,17-18,35H,3-10H2,1-2H3,(H3,28,29,30,31,32,33);8-11,16H,4-7,12H2,1-3H3,(H3,27,29,30,31,32,33);7-9,12,15-16,27H,3-6,10-11H2,1-2H3,(H3,28,29,30,31,32,33)/q;+1;;. The number of H-pyrrole nitrogens is 4. The highest BCUT2D eigenvalue weighted by molar-refractivity contribution is 6.34. The third kappa shape index (κ3) is 25.9. The molecule has 6 saturated heterocycles. The zero-order valence-corrected chi connectivity index (χ0v) is 85.7. The first-order valence-corrected chi connectivity index (χ1v) is 50.0. The maximum atomic E-state index is 15.2. The van der Waals surface area contributed by atoms with Gasteiger partial charge in [0.25, 0.3) is 5.91 Å². The summed E-state index contributed by atoms with van der Waals surface area (Å²) >= 11 is 24.9. The summed E-state index contributed by atoms with van der Waals surface area (Å²) in [4.78, 5) is 69.5. The lowest BCUT2D eigenvalue weighted by molar-refractivity contribution is -1.12. The van der Waals surface area contributed by atoms with Crippen LogP contribution in [0.2, 0.25) is 20.1 Å². The van der Waals surface area contributed by atoms with Gasteiger partial charge in [0.2, 0.25) is 35.6 Å². The number of hydrogen-bond acceptors (Lipinski definition) is 30. The molecule has 0 saturated carbocycles. The van der Waals surface area contributed by atoms with Crippen LogP contribution in [0, 0.1) is 91.5 Å². The number of piperidine rings is 4. The predicted molar refractivity (Wildman–Crippen MR) is 547 cm³/mol. The molecular weight excluding hydrogens is 2010 g/mol. The minimum atomic E-state index is -4.70. The van der Waals surface area contributed by atoms with Gasteiger partial charge >= 0.3 is 6.18 Å². The third-order valence-corrected chi connectivity index (χ3v) is 28.3. The van der Waals surface area contributed by atoms with Gasteiger partial charge in [0.05, 0.1) is 85.0 Å². The lowest BCUT2D eigenvalue weighted by Gasteiger charge is -2.43. The van der Waals surface area contributed by atoms with Crippen LogP contribution < -0.4 is 47.9 Å². The molecule has 0 unspecified atom stereocenters. The number of nitrogens with one attached hydrogen (secondary N) is 13. The summed E-state index contributed by atoms with van der Waals surface area (Å²) < 4.78 is 112. The van der Waals surface area contributed by atoms with Gasteiger partial charge in [0.15, 0.2) is 58.1 Å². The molecule has 20 rings (SSSR count).